The Labute approximate surface area is 133 Å². The number of nitrogens with zero attached hydrogens (tertiary/aromatic N) is 2. The van der Waals surface area contributed by atoms with Crippen molar-refractivity contribution in [3.63, 3.8) is 0 Å². The average Bonchev–Trinajstić information content (AvgIpc) is 2.38. The van der Waals surface area contributed by atoms with E-state index in [9.17, 15) is 8.42 Å². The molecule has 6 heteroatoms. The summed E-state index contributed by atoms with van der Waals surface area (Å²) in [6, 6.07) is 3.03. The van der Waals surface area contributed by atoms with Crippen LogP contribution in [0.3, 0.4) is 0 Å². The lowest BCUT2D eigenvalue weighted by Crippen LogP contribution is -2.34. The van der Waals surface area contributed by atoms with Gasteiger partial charge in [-0.3, -0.25) is 0 Å². The van der Waals surface area contributed by atoms with Gasteiger partial charge in [0.1, 0.15) is 10.0 Å². The first-order valence-corrected chi connectivity index (χ1v) is 9.17. The molecule has 0 amide bonds. The fourth-order valence-corrected chi connectivity index (χ4v) is 3.35. The SMILES string of the molecule is CC(C)CCN(CCC(C)C)S(=O)(=O)c1ccc(Cl)nc1. The summed E-state index contributed by atoms with van der Waals surface area (Å²) in [5, 5.41) is 0.296. The van der Waals surface area contributed by atoms with Gasteiger partial charge in [0, 0.05) is 19.3 Å². The zero-order chi connectivity index (χ0) is 16.0. The van der Waals surface area contributed by atoms with Crippen LogP contribution in [-0.2, 0) is 10.0 Å². The van der Waals surface area contributed by atoms with E-state index >= 15 is 0 Å². The molecular weight excluding hydrogens is 308 g/mol. The second-order valence-electron chi connectivity index (χ2n) is 6.09. The van der Waals surface area contributed by atoms with Crippen LogP contribution in [0.15, 0.2) is 23.2 Å². The quantitative estimate of drug-likeness (QED) is 0.680. The van der Waals surface area contributed by atoms with Crippen molar-refractivity contribution in [2.24, 2.45) is 11.8 Å². The lowest BCUT2D eigenvalue weighted by Gasteiger charge is -2.23. The van der Waals surface area contributed by atoms with Gasteiger partial charge in [0.2, 0.25) is 10.0 Å². The smallest absolute Gasteiger partial charge is 0.243 e. The van der Waals surface area contributed by atoms with Crippen LogP contribution in [0.1, 0.15) is 40.5 Å². The van der Waals surface area contributed by atoms with Crippen LogP contribution in [-0.4, -0.2) is 30.8 Å². The first-order chi connectivity index (χ1) is 9.73. The molecule has 0 aliphatic carbocycles. The summed E-state index contributed by atoms with van der Waals surface area (Å²) in [5.74, 6) is 0.926. The second kappa shape index (κ2) is 8.11. The van der Waals surface area contributed by atoms with Gasteiger partial charge in [-0.1, -0.05) is 39.3 Å². The first-order valence-electron chi connectivity index (χ1n) is 7.35. The molecule has 0 aliphatic rings. The van der Waals surface area contributed by atoms with E-state index < -0.39 is 10.0 Å². The van der Waals surface area contributed by atoms with Crippen molar-refractivity contribution in [3.05, 3.63) is 23.5 Å². The summed E-state index contributed by atoms with van der Waals surface area (Å²) in [4.78, 5) is 4.09. The minimum absolute atomic E-state index is 0.208. The third-order valence-electron chi connectivity index (χ3n) is 3.25. The molecule has 1 aromatic rings. The number of halogens is 1. The van der Waals surface area contributed by atoms with Crippen molar-refractivity contribution in [3.8, 4) is 0 Å². The number of pyridine rings is 1. The normalized spacial score (nSPS) is 12.6. The molecule has 0 unspecified atom stereocenters. The molecule has 1 rings (SSSR count). The van der Waals surface area contributed by atoms with Gasteiger partial charge in [-0.05, 0) is 36.8 Å². The molecule has 0 atom stereocenters. The number of aromatic nitrogens is 1. The molecule has 1 heterocycles. The first kappa shape index (κ1) is 18.4. The standard InChI is InChI=1S/C15H25ClN2O2S/c1-12(2)7-9-18(10-8-13(3)4)21(19,20)14-5-6-15(16)17-11-14/h5-6,11-13H,7-10H2,1-4H3. The summed E-state index contributed by atoms with van der Waals surface area (Å²) < 4.78 is 27.0. The van der Waals surface area contributed by atoms with Crippen molar-refractivity contribution >= 4 is 21.6 Å². The number of hydrogen-bond donors (Lipinski definition) is 0. The van der Waals surface area contributed by atoms with E-state index in [0.717, 1.165) is 12.8 Å². The molecule has 21 heavy (non-hydrogen) atoms. The summed E-state index contributed by atoms with van der Waals surface area (Å²) in [6.07, 6.45) is 3.02. The molecule has 120 valence electrons. The summed E-state index contributed by atoms with van der Waals surface area (Å²) in [5.41, 5.74) is 0. The predicted octanol–water partition coefficient (Wildman–Crippen LogP) is 3.82. The van der Waals surface area contributed by atoms with Gasteiger partial charge in [0.15, 0.2) is 0 Å². The average molecular weight is 333 g/mol. The second-order valence-corrected chi connectivity index (χ2v) is 8.41. The Hall–Kier alpha value is -0.650. The van der Waals surface area contributed by atoms with Crippen molar-refractivity contribution in [2.75, 3.05) is 13.1 Å². The highest BCUT2D eigenvalue weighted by molar-refractivity contribution is 7.89. The van der Waals surface area contributed by atoms with E-state index in [0.29, 0.717) is 30.1 Å². The maximum absolute atomic E-state index is 12.7. The molecule has 0 aliphatic heterocycles. The monoisotopic (exact) mass is 332 g/mol. The summed E-state index contributed by atoms with van der Waals surface area (Å²) >= 11 is 5.73. The number of sulfonamides is 1. The van der Waals surface area contributed by atoms with Crippen molar-refractivity contribution in [2.45, 2.75) is 45.4 Å². The largest absolute Gasteiger partial charge is 0.244 e. The lowest BCUT2D eigenvalue weighted by atomic mass is 10.1. The molecule has 0 radical (unpaired) electrons. The molecule has 0 bridgehead atoms. The minimum Gasteiger partial charge on any atom is -0.243 e. The van der Waals surface area contributed by atoms with Gasteiger partial charge in [-0.15, -0.1) is 0 Å². The summed E-state index contributed by atoms with van der Waals surface area (Å²) in [6.45, 7) is 9.45. The van der Waals surface area contributed by atoms with E-state index in [2.05, 4.69) is 32.7 Å². The van der Waals surface area contributed by atoms with E-state index in [1.807, 2.05) is 0 Å². The summed E-state index contributed by atoms with van der Waals surface area (Å²) in [7, 11) is -3.50. The highest BCUT2D eigenvalue weighted by atomic mass is 35.5. The van der Waals surface area contributed by atoms with Crippen LogP contribution in [0, 0.1) is 11.8 Å². The van der Waals surface area contributed by atoms with Gasteiger partial charge >= 0.3 is 0 Å². The van der Waals surface area contributed by atoms with Crippen molar-refractivity contribution < 1.29 is 8.42 Å². The fraction of sp³-hybridized carbons (Fsp3) is 0.667. The topological polar surface area (TPSA) is 50.3 Å². The molecule has 0 saturated heterocycles. The van der Waals surface area contributed by atoms with E-state index in [1.165, 1.54) is 18.3 Å². The fourth-order valence-electron chi connectivity index (χ4n) is 1.82. The maximum atomic E-state index is 12.7. The predicted molar refractivity (Wildman–Crippen MR) is 86.9 cm³/mol. The van der Waals surface area contributed by atoms with Crippen LogP contribution < -0.4 is 0 Å². The molecule has 0 N–H and O–H groups in total. The Kier molecular flexibility index (Phi) is 7.10. The Balaban J connectivity index is 2.95. The van der Waals surface area contributed by atoms with Gasteiger partial charge in [0.05, 0.1) is 0 Å². The Morgan fingerprint density at radius 3 is 2.00 bits per heavy atom. The van der Waals surface area contributed by atoms with Crippen LogP contribution in [0.25, 0.3) is 0 Å². The third-order valence-corrected chi connectivity index (χ3v) is 5.36. The molecular formula is C15H25ClN2O2S. The van der Waals surface area contributed by atoms with Crippen LogP contribution in [0.2, 0.25) is 5.15 Å². The molecule has 0 fully saturated rings. The molecule has 4 nitrogen and oxygen atoms in total. The molecule has 0 aromatic carbocycles. The highest BCUT2D eigenvalue weighted by Crippen LogP contribution is 2.19. The number of rotatable bonds is 8. The molecule has 0 saturated carbocycles. The zero-order valence-electron chi connectivity index (χ0n) is 13.2. The van der Waals surface area contributed by atoms with Gasteiger partial charge < -0.3 is 0 Å². The zero-order valence-corrected chi connectivity index (χ0v) is 14.8. The lowest BCUT2D eigenvalue weighted by molar-refractivity contribution is 0.357. The highest BCUT2D eigenvalue weighted by Gasteiger charge is 2.24. The Morgan fingerprint density at radius 1 is 1.10 bits per heavy atom. The van der Waals surface area contributed by atoms with Crippen LogP contribution in [0.4, 0.5) is 0 Å². The van der Waals surface area contributed by atoms with Gasteiger partial charge in [0.25, 0.3) is 0 Å². The van der Waals surface area contributed by atoms with Crippen LogP contribution in [0.5, 0.6) is 0 Å². The van der Waals surface area contributed by atoms with Gasteiger partial charge in [-0.2, -0.15) is 4.31 Å². The van der Waals surface area contributed by atoms with E-state index in [4.69, 9.17) is 11.6 Å². The molecule has 0 spiro atoms. The Morgan fingerprint density at radius 2 is 1.62 bits per heavy atom. The Bertz CT molecular complexity index is 515. The number of hydrogen-bond acceptors (Lipinski definition) is 3. The van der Waals surface area contributed by atoms with Crippen molar-refractivity contribution in [1.82, 2.24) is 9.29 Å². The third kappa shape index (κ3) is 5.93. The van der Waals surface area contributed by atoms with E-state index in [-0.39, 0.29) is 4.90 Å². The maximum Gasteiger partial charge on any atom is 0.244 e. The van der Waals surface area contributed by atoms with Gasteiger partial charge in [-0.25, -0.2) is 13.4 Å². The van der Waals surface area contributed by atoms with Crippen LogP contribution >= 0.6 is 11.6 Å². The minimum atomic E-state index is -3.50. The molecule has 1 aromatic heterocycles. The van der Waals surface area contributed by atoms with Crippen molar-refractivity contribution in [1.29, 1.82) is 0 Å². The van der Waals surface area contributed by atoms with E-state index in [1.54, 1.807) is 4.31 Å².